The van der Waals surface area contributed by atoms with Crippen LogP contribution in [0.3, 0.4) is 0 Å². The minimum absolute atomic E-state index is 0.0100. The number of aromatic nitrogens is 2. The number of ketones is 1. The number of hydrogen-bond acceptors (Lipinski definition) is 6. The molecule has 3 aromatic rings. The number of carbonyl (C=O) groups is 2. The van der Waals surface area contributed by atoms with Crippen LogP contribution >= 0.6 is 11.3 Å². The van der Waals surface area contributed by atoms with Crippen LogP contribution in [0.1, 0.15) is 63.9 Å². The number of esters is 1. The van der Waals surface area contributed by atoms with Crippen molar-refractivity contribution in [2.75, 3.05) is 0 Å². The molecule has 1 atom stereocenters. The van der Waals surface area contributed by atoms with Gasteiger partial charge in [-0.2, -0.15) is 0 Å². The lowest BCUT2D eigenvalue weighted by Gasteiger charge is -2.17. The molecule has 162 valence electrons. The Labute approximate surface area is 184 Å². The fourth-order valence-electron chi connectivity index (χ4n) is 4.07. The van der Waals surface area contributed by atoms with Gasteiger partial charge in [0.1, 0.15) is 17.3 Å². The number of rotatable bonds is 6. The Hall–Kier alpha value is -2.80. The zero-order valence-corrected chi connectivity index (χ0v) is 18.9. The lowest BCUT2D eigenvalue weighted by Crippen LogP contribution is -2.16. The Morgan fingerprint density at radius 1 is 1.26 bits per heavy atom. The fraction of sp³-hybridized carbons (Fsp3) is 0.417. The average Bonchev–Trinajstić information content (AvgIpc) is 3.09. The topological polar surface area (TPSA) is 89.1 Å². The molecule has 2 heterocycles. The van der Waals surface area contributed by atoms with Gasteiger partial charge in [-0.05, 0) is 56.2 Å². The van der Waals surface area contributed by atoms with Crippen molar-refractivity contribution >= 4 is 33.3 Å². The zero-order valence-electron chi connectivity index (χ0n) is 18.0. The predicted octanol–water partition coefficient (Wildman–Crippen LogP) is 4.43. The Kier molecular flexibility index (Phi) is 6.05. The number of nitrogens with zero attached hydrogens (tertiary/aromatic N) is 1. The summed E-state index contributed by atoms with van der Waals surface area (Å²) in [5.41, 5.74) is 3.49. The number of fused-ring (bicyclic) bond motifs is 3. The van der Waals surface area contributed by atoms with Crippen LogP contribution in [-0.2, 0) is 29.0 Å². The maximum Gasteiger partial charge on any atom is 0.306 e. The van der Waals surface area contributed by atoms with Crippen LogP contribution in [0.15, 0.2) is 23.0 Å². The summed E-state index contributed by atoms with van der Waals surface area (Å²) >= 11 is 1.56. The second kappa shape index (κ2) is 8.75. The molecule has 0 saturated heterocycles. The molecule has 6 nitrogen and oxygen atoms in total. The van der Waals surface area contributed by atoms with Crippen LogP contribution in [0.2, 0.25) is 0 Å². The summed E-state index contributed by atoms with van der Waals surface area (Å²) in [6.07, 6.45) is 3.04. The zero-order chi connectivity index (χ0) is 22.1. The first-order chi connectivity index (χ1) is 14.8. The Morgan fingerprint density at radius 3 is 2.87 bits per heavy atom. The van der Waals surface area contributed by atoms with E-state index in [-0.39, 0.29) is 30.8 Å². The van der Waals surface area contributed by atoms with Gasteiger partial charge in [0.05, 0.1) is 11.8 Å². The summed E-state index contributed by atoms with van der Waals surface area (Å²) in [7, 11) is 0. The van der Waals surface area contributed by atoms with Gasteiger partial charge >= 0.3 is 5.97 Å². The third kappa shape index (κ3) is 4.61. The number of Topliss-reactive ketones (excluding diaryl/α,β-unsaturated/α-hetero) is 1. The molecule has 0 bridgehead atoms. The molecule has 1 aliphatic carbocycles. The summed E-state index contributed by atoms with van der Waals surface area (Å²) < 4.78 is 5.27. The van der Waals surface area contributed by atoms with Gasteiger partial charge in [-0.3, -0.25) is 14.4 Å². The average molecular weight is 439 g/mol. The molecule has 0 aliphatic heterocycles. The van der Waals surface area contributed by atoms with Crippen molar-refractivity contribution in [1.29, 1.82) is 0 Å². The molecule has 1 aliphatic rings. The van der Waals surface area contributed by atoms with Crippen LogP contribution in [0.25, 0.3) is 10.2 Å². The minimum Gasteiger partial charge on any atom is -0.458 e. The number of aryl methyl sites for hydroxylation is 3. The second-order valence-electron chi connectivity index (χ2n) is 8.45. The molecular formula is C24H26N2O4S. The van der Waals surface area contributed by atoms with Gasteiger partial charge in [-0.1, -0.05) is 24.6 Å². The molecule has 0 amide bonds. The number of thiophene rings is 1. The van der Waals surface area contributed by atoms with Gasteiger partial charge in [0.2, 0.25) is 0 Å². The highest BCUT2D eigenvalue weighted by Crippen LogP contribution is 2.35. The van der Waals surface area contributed by atoms with Crippen molar-refractivity contribution in [2.45, 2.75) is 59.5 Å². The SMILES string of the molecule is Cc1ccc(C)c(C(=O)CCC(=O)OCc2nc3sc4c(c3c(=O)[nH]2)CCC(C)C4)c1. The number of carbonyl (C=O) groups excluding carboxylic acids is 2. The Morgan fingerprint density at radius 2 is 2.06 bits per heavy atom. The number of ether oxygens (including phenoxy) is 1. The van der Waals surface area contributed by atoms with Gasteiger partial charge in [-0.15, -0.1) is 11.3 Å². The quantitative estimate of drug-likeness (QED) is 0.454. The fourth-order valence-corrected chi connectivity index (χ4v) is 5.47. The summed E-state index contributed by atoms with van der Waals surface area (Å²) in [6.45, 7) is 5.92. The van der Waals surface area contributed by atoms with Crippen molar-refractivity contribution < 1.29 is 14.3 Å². The van der Waals surface area contributed by atoms with E-state index in [9.17, 15) is 14.4 Å². The highest BCUT2D eigenvalue weighted by atomic mass is 32.1. The van der Waals surface area contributed by atoms with Gasteiger partial charge in [0.15, 0.2) is 5.78 Å². The highest BCUT2D eigenvalue weighted by molar-refractivity contribution is 7.18. The molecule has 2 aromatic heterocycles. The normalized spacial score (nSPS) is 15.6. The van der Waals surface area contributed by atoms with E-state index in [0.29, 0.717) is 27.5 Å². The van der Waals surface area contributed by atoms with Crippen molar-refractivity contribution in [1.82, 2.24) is 9.97 Å². The van der Waals surface area contributed by atoms with Crippen LogP contribution in [0, 0.1) is 19.8 Å². The van der Waals surface area contributed by atoms with Gasteiger partial charge in [0, 0.05) is 16.9 Å². The molecule has 0 fully saturated rings. The minimum atomic E-state index is -0.485. The Balaban J connectivity index is 1.39. The van der Waals surface area contributed by atoms with Crippen molar-refractivity contribution in [3.05, 3.63) is 61.5 Å². The molecule has 31 heavy (non-hydrogen) atoms. The number of benzene rings is 1. The number of nitrogens with one attached hydrogen (secondary N) is 1. The first kappa shape index (κ1) is 21.4. The summed E-state index contributed by atoms with van der Waals surface area (Å²) in [5, 5.41) is 0.682. The highest BCUT2D eigenvalue weighted by Gasteiger charge is 2.23. The van der Waals surface area contributed by atoms with E-state index in [1.807, 2.05) is 32.0 Å². The van der Waals surface area contributed by atoms with Crippen LogP contribution in [0.4, 0.5) is 0 Å². The number of hydrogen-bond donors (Lipinski definition) is 1. The standard InChI is InChI=1S/C24H26N2O4S/c1-13-4-6-15(3)17(10-13)18(27)8-9-21(28)30-12-20-25-23(29)22-16-7-5-14(2)11-19(16)31-24(22)26-20/h4,6,10,14H,5,7-9,11-12H2,1-3H3,(H,25,26,29). The van der Waals surface area contributed by atoms with Crippen molar-refractivity contribution in [3.8, 4) is 0 Å². The second-order valence-corrected chi connectivity index (χ2v) is 9.53. The van der Waals surface area contributed by atoms with Crippen LogP contribution in [-0.4, -0.2) is 21.7 Å². The molecule has 0 radical (unpaired) electrons. The van der Waals surface area contributed by atoms with Crippen molar-refractivity contribution in [2.24, 2.45) is 5.92 Å². The summed E-state index contributed by atoms with van der Waals surface area (Å²) in [4.78, 5) is 46.4. The predicted molar refractivity (Wildman–Crippen MR) is 121 cm³/mol. The molecule has 1 N–H and O–H groups in total. The maximum absolute atomic E-state index is 12.6. The van der Waals surface area contributed by atoms with E-state index >= 15 is 0 Å². The van der Waals surface area contributed by atoms with E-state index in [1.54, 1.807) is 11.3 Å². The van der Waals surface area contributed by atoms with Gasteiger partial charge in [0.25, 0.3) is 5.56 Å². The summed E-state index contributed by atoms with van der Waals surface area (Å²) in [6, 6.07) is 5.70. The van der Waals surface area contributed by atoms with Crippen LogP contribution in [0.5, 0.6) is 0 Å². The first-order valence-electron chi connectivity index (χ1n) is 10.6. The van der Waals surface area contributed by atoms with Gasteiger partial charge < -0.3 is 9.72 Å². The molecule has 1 aromatic carbocycles. The van der Waals surface area contributed by atoms with Crippen molar-refractivity contribution in [3.63, 3.8) is 0 Å². The largest absolute Gasteiger partial charge is 0.458 e. The Bertz CT molecular complexity index is 1220. The number of H-pyrrole nitrogens is 1. The number of aromatic amines is 1. The monoisotopic (exact) mass is 438 g/mol. The van der Waals surface area contributed by atoms with E-state index in [1.165, 1.54) is 4.88 Å². The van der Waals surface area contributed by atoms with Gasteiger partial charge in [-0.25, -0.2) is 4.98 Å². The summed E-state index contributed by atoms with van der Waals surface area (Å²) in [5.74, 6) is 0.384. The molecule has 0 spiro atoms. The molecule has 7 heteroatoms. The first-order valence-corrected chi connectivity index (χ1v) is 11.4. The third-order valence-electron chi connectivity index (χ3n) is 5.83. The van der Waals surface area contributed by atoms with E-state index in [2.05, 4.69) is 16.9 Å². The van der Waals surface area contributed by atoms with E-state index in [0.717, 1.165) is 36.0 Å². The lowest BCUT2D eigenvalue weighted by molar-refractivity contribution is -0.145. The molecule has 0 saturated carbocycles. The van der Waals surface area contributed by atoms with E-state index in [4.69, 9.17) is 4.74 Å². The molecule has 4 rings (SSSR count). The lowest BCUT2D eigenvalue weighted by atomic mass is 9.89. The molecular weight excluding hydrogens is 412 g/mol. The third-order valence-corrected chi connectivity index (χ3v) is 6.98. The maximum atomic E-state index is 12.6. The van der Waals surface area contributed by atoms with E-state index < -0.39 is 5.97 Å². The molecule has 1 unspecified atom stereocenters. The smallest absolute Gasteiger partial charge is 0.306 e. The van der Waals surface area contributed by atoms with Crippen LogP contribution < -0.4 is 5.56 Å².